The summed E-state index contributed by atoms with van der Waals surface area (Å²) in [4.78, 5) is 12.3. The van der Waals surface area contributed by atoms with Gasteiger partial charge in [0.25, 0.3) is 0 Å². The summed E-state index contributed by atoms with van der Waals surface area (Å²) in [5.74, 6) is -1.27. The van der Waals surface area contributed by atoms with Crippen molar-refractivity contribution in [2.75, 3.05) is 11.1 Å². The molecule has 0 heterocycles. The lowest BCUT2D eigenvalue weighted by Crippen LogP contribution is -2.23. The molecule has 0 saturated heterocycles. The van der Waals surface area contributed by atoms with Gasteiger partial charge in [0.1, 0.15) is 5.75 Å². The van der Waals surface area contributed by atoms with Gasteiger partial charge in [-0.05, 0) is 47.5 Å². The second kappa shape index (κ2) is 6.86. The van der Waals surface area contributed by atoms with Crippen LogP contribution in [0.4, 0.5) is 5.69 Å². The van der Waals surface area contributed by atoms with E-state index in [4.69, 9.17) is 11.6 Å². The van der Waals surface area contributed by atoms with E-state index in [-0.39, 0.29) is 4.90 Å². The summed E-state index contributed by atoms with van der Waals surface area (Å²) in [5.41, 5.74) is 1.35. The lowest BCUT2D eigenvalue weighted by Gasteiger charge is -2.09. The molecule has 25 heavy (non-hydrogen) atoms. The molecule has 1 N–H and O–H groups in total. The SMILES string of the molecule is Cc1ccc(NC(=O)CS(=O)(=O)c2ccc3ccccc3c2)c(Cl)c1. The van der Waals surface area contributed by atoms with Crippen molar-refractivity contribution in [3.05, 3.63) is 71.2 Å². The number of fused-ring (bicyclic) bond motifs is 1. The third kappa shape index (κ3) is 4.00. The van der Waals surface area contributed by atoms with Crippen LogP contribution in [0.3, 0.4) is 0 Å². The number of aryl methyl sites for hydroxylation is 1. The van der Waals surface area contributed by atoms with Crippen LogP contribution in [0.2, 0.25) is 5.02 Å². The molecule has 6 heteroatoms. The van der Waals surface area contributed by atoms with Gasteiger partial charge in [0, 0.05) is 0 Å². The minimum Gasteiger partial charge on any atom is -0.324 e. The Balaban J connectivity index is 1.81. The van der Waals surface area contributed by atoms with Gasteiger partial charge in [-0.2, -0.15) is 0 Å². The highest BCUT2D eigenvalue weighted by molar-refractivity contribution is 7.92. The maximum atomic E-state index is 12.5. The zero-order valence-corrected chi connectivity index (χ0v) is 15.1. The van der Waals surface area contributed by atoms with E-state index >= 15 is 0 Å². The van der Waals surface area contributed by atoms with Crippen LogP contribution in [-0.4, -0.2) is 20.1 Å². The van der Waals surface area contributed by atoms with E-state index in [0.717, 1.165) is 16.3 Å². The summed E-state index contributed by atoms with van der Waals surface area (Å²) < 4.78 is 25.0. The number of carbonyl (C=O) groups excluding carboxylic acids is 1. The van der Waals surface area contributed by atoms with Crippen molar-refractivity contribution in [2.24, 2.45) is 0 Å². The van der Waals surface area contributed by atoms with Crippen molar-refractivity contribution >= 4 is 43.8 Å². The van der Waals surface area contributed by atoms with Crippen molar-refractivity contribution in [3.63, 3.8) is 0 Å². The molecule has 0 unspecified atom stereocenters. The number of benzene rings is 3. The molecule has 0 aliphatic rings. The van der Waals surface area contributed by atoms with Crippen molar-refractivity contribution in [1.29, 1.82) is 0 Å². The minimum atomic E-state index is -3.75. The summed E-state index contributed by atoms with van der Waals surface area (Å²) in [5, 5.41) is 4.67. The molecule has 3 aromatic carbocycles. The maximum absolute atomic E-state index is 12.5. The molecule has 0 aliphatic carbocycles. The molecule has 1 amide bonds. The second-order valence-electron chi connectivity index (χ2n) is 5.80. The Morgan fingerprint density at radius 3 is 2.44 bits per heavy atom. The number of nitrogens with one attached hydrogen (secondary N) is 1. The number of rotatable bonds is 4. The summed E-state index contributed by atoms with van der Waals surface area (Å²) >= 11 is 6.06. The molecule has 3 aromatic rings. The van der Waals surface area contributed by atoms with Gasteiger partial charge in [0.05, 0.1) is 15.6 Å². The van der Waals surface area contributed by atoms with Gasteiger partial charge < -0.3 is 5.32 Å². The highest BCUT2D eigenvalue weighted by Crippen LogP contribution is 2.23. The molecule has 0 radical (unpaired) electrons. The average Bonchev–Trinajstić information content (AvgIpc) is 2.56. The van der Waals surface area contributed by atoms with Gasteiger partial charge in [0.2, 0.25) is 5.91 Å². The third-order valence-corrected chi connectivity index (χ3v) is 5.73. The molecular weight excluding hydrogens is 358 g/mol. The first-order valence-corrected chi connectivity index (χ1v) is 9.66. The van der Waals surface area contributed by atoms with Crippen molar-refractivity contribution < 1.29 is 13.2 Å². The number of carbonyl (C=O) groups is 1. The molecule has 0 spiro atoms. The molecule has 128 valence electrons. The molecule has 0 atom stereocenters. The summed E-state index contributed by atoms with van der Waals surface area (Å²) in [6.07, 6.45) is 0. The lowest BCUT2D eigenvalue weighted by atomic mass is 10.1. The fraction of sp³-hybridized carbons (Fsp3) is 0.105. The Labute approximate surface area is 151 Å². The number of hydrogen-bond acceptors (Lipinski definition) is 3. The Morgan fingerprint density at radius 2 is 1.72 bits per heavy atom. The van der Waals surface area contributed by atoms with E-state index in [0.29, 0.717) is 10.7 Å². The molecule has 0 bridgehead atoms. The lowest BCUT2D eigenvalue weighted by molar-refractivity contribution is -0.113. The van der Waals surface area contributed by atoms with Crippen LogP contribution in [0.5, 0.6) is 0 Å². The Hall–Kier alpha value is -2.37. The normalized spacial score (nSPS) is 11.4. The standard InChI is InChI=1S/C19H16ClNO3S/c1-13-6-9-18(17(20)10-13)21-19(22)12-25(23,24)16-8-7-14-4-2-3-5-15(14)11-16/h2-11H,12H2,1H3,(H,21,22). The second-order valence-corrected chi connectivity index (χ2v) is 8.20. The summed E-state index contributed by atoms with van der Waals surface area (Å²) in [6, 6.07) is 17.4. The Kier molecular flexibility index (Phi) is 4.79. The number of sulfone groups is 1. The van der Waals surface area contributed by atoms with E-state index in [1.165, 1.54) is 6.07 Å². The minimum absolute atomic E-state index is 0.122. The van der Waals surface area contributed by atoms with Gasteiger partial charge in [-0.25, -0.2) is 8.42 Å². The fourth-order valence-corrected chi connectivity index (χ4v) is 3.97. The molecule has 0 saturated carbocycles. The Bertz CT molecular complexity index is 1060. The number of halogens is 1. The van der Waals surface area contributed by atoms with E-state index in [1.54, 1.807) is 30.3 Å². The average molecular weight is 374 g/mol. The van der Waals surface area contributed by atoms with Crippen molar-refractivity contribution in [2.45, 2.75) is 11.8 Å². The molecule has 0 aromatic heterocycles. The van der Waals surface area contributed by atoms with Gasteiger partial charge in [-0.1, -0.05) is 48.0 Å². The topological polar surface area (TPSA) is 63.2 Å². The number of anilines is 1. The van der Waals surface area contributed by atoms with Crippen LogP contribution in [0.25, 0.3) is 10.8 Å². The predicted octanol–water partition coefficient (Wildman–Crippen LogP) is 4.21. The summed E-state index contributed by atoms with van der Waals surface area (Å²) in [7, 11) is -3.75. The molecule has 0 aliphatic heterocycles. The molecule has 4 nitrogen and oxygen atoms in total. The van der Waals surface area contributed by atoms with Crippen LogP contribution >= 0.6 is 11.6 Å². The first-order chi connectivity index (χ1) is 11.8. The van der Waals surface area contributed by atoms with Crippen LogP contribution in [0.15, 0.2) is 65.6 Å². The monoisotopic (exact) mass is 373 g/mol. The van der Waals surface area contributed by atoms with E-state index in [1.807, 2.05) is 31.2 Å². The predicted molar refractivity (Wildman–Crippen MR) is 101 cm³/mol. The van der Waals surface area contributed by atoms with Crippen molar-refractivity contribution in [1.82, 2.24) is 0 Å². The maximum Gasteiger partial charge on any atom is 0.240 e. The van der Waals surface area contributed by atoms with Crippen molar-refractivity contribution in [3.8, 4) is 0 Å². The van der Waals surface area contributed by atoms with Gasteiger partial charge in [0.15, 0.2) is 9.84 Å². The van der Waals surface area contributed by atoms with E-state index < -0.39 is 21.5 Å². The smallest absolute Gasteiger partial charge is 0.240 e. The van der Waals surface area contributed by atoms with E-state index in [9.17, 15) is 13.2 Å². The third-order valence-electron chi connectivity index (χ3n) is 3.80. The first-order valence-electron chi connectivity index (χ1n) is 7.63. The zero-order valence-electron chi connectivity index (χ0n) is 13.5. The highest BCUT2D eigenvalue weighted by Gasteiger charge is 2.20. The van der Waals surface area contributed by atoms with Crippen LogP contribution in [0.1, 0.15) is 5.56 Å². The van der Waals surface area contributed by atoms with E-state index in [2.05, 4.69) is 5.32 Å². The first kappa shape index (κ1) is 17.5. The van der Waals surface area contributed by atoms with Crippen LogP contribution in [-0.2, 0) is 14.6 Å². The van der Waals surface area contributed by atoms with Crippen LogP contribution < -0.4 is 5.32 Å². The Morgan fingerprint density at radius 1 is 1.00 bits per heavy atom. The van der Waals surface area contributed by atoms with Gasteiger partial charge in [-0.15, -0.1) is 0 Å². The number of amides is 1. The summed E-state index contributed by atoms with van der Waals surface area (Å²) in [6.45, 7) is 1.88. The van der Waals surface area contributed by atoms with Gasteiger partial charge in [-0.3, -0.25) is 4.79 Å². The highest BCUT2D eigenvalue weighted by atomic mass is 35.5. The zero-order chi connectivity index (χ0) is 18.0. The fourth-order valence-electron chi connectivity index (χ4n) is 2.52. The largest absolute Gasteiger partial charge is 0.324 e. The quantitative estimate of drug-likeness (QED) is 0.744. The number of hydrogen-bond donors (Lipinski definition) is 1. The van der Waals surface area contributed by atoms with Gasteiger partial charge >= 0.3 is 0 Å². The molecular formula is C19H16ClNO3S. The molecule has 0 fully saturated rings. The van der Waals surface area contributed by atoms with Crippen LogP contribution in [0, 0.1) is 6.92 Å². The molecule has 3 rings (SSSR count).